The van der Waals surface area contributed by atoms with E-state index >= 15 is 0 Å². The molecule has 0 aliphatic heterocycles. The maximum absolute atomic E-state index is 11.8. The molecule has 0 N–H and O–H groups in total. The van der Waals surface area contributed by atoms with Crippen molar-refractivity contribution in [1.29, 1.82) is 0 Å². The smallest absolute Gasteiger partial charge is 0.414 e. The van der Waals surface area contributed by atoms with Gasteiger partial charge in [-0.25, -0.2) is 9.78 Å². The molecule has 0 bridgehead atoms. The second-order valence-electron chi connectivity index (χ2n) is 3.48. The van der Waals surface area contributed by atoms with Crippen molar-refractivity contribution in [2.75, 3.05) is 26.0 Å². The second-order valence-corrected chi connectivity index (χ2v) is 5.31. The molecule has 132 valence electrons. The summed E-state index contributed by atoms with van der Waals surface area (Å²) in [5.41, 5.74) is 0. The molecule has 0 spiro atoms. The fraction of sp³-hybridized carbons (Fsp3) is 0.875. The molecule has 0 rings (SSSR count). The van der Waals surface area contributed by atoms with E-state index < -0.39 is 45.3 Å². The summed E-state index contributed by atoms with van der Waals surface area (Å²) < 4.78 is 94.5. The van der Waals surface area contributed by atoms with E-state index in [0.717, 1.165) is 0 Å². The molecule has 0 aliphatic carbocycles. The van der Waals surface area contributed by atoms with E-state index in [2.05, 4.69) is 23.9 Å². The minimum Gasteiger partial charge on any atom is -0.465 e. The lowest BCUT2D eigenvalue weighted by Crippen LogP contribution is -2.20. The Kier molecular flexibility index (Phi) is 8.33. The summed E-state index contributed by atoms with van der Waals surface area (Å²) in [4.78, 5) is 18.2. The van der Waals surface area contributed by atoms with Gasteiger partial charge >= 0.3 is 25.9 Å². The highest BCUT2D eigenvalue weighted by Gasteiger charge is 2.37. The Labute approximate surface area is 119 Å². The summed E-state index contributed by atoms with van der Waals surface area (Å²) in [5, 5.41) is 0. The molecule has 0 aliphatic rings. The van der Waals surface area contributed by atoms with Gasteiger partial charge in [-0.2, -0.15) is 26.3 Å². The van der Waals surface area contributed by atoms with Crippen molar-refractivity contribution in [1.82, 2.24) is 0 Å². The molecule has 0 saturated heterocycles. The Hall–Kier alpha value is -0.880. The SMILES string of the molecule is CCOC(=O)CP(=O)(OOCC(F)(F)F)OOCC(F)(F)F. The van der Waals surface area contributed by atoms with Crippen LogP contribution in [0.5, 0.6) is 0 Å². The number of carbonyl (C=O) groups excluding carboxylic acids is 1. The molecule has 0 saturated carbocycles. The average Bonchev–Trinajstić information content (AvgIpc) is 2.24. The molecule has 0 unspecified atom stereocenters. The van der Waals surface area contributed by atoms with E-state index in [1.807, 2.05) is 0 Å². The van der Waals surface area contributed by atoms with E-state index in [-0.39, 0.29) is 6.61 Å². The van der Waals surface area contributed by atoms with Crippen LogP contribution in [-0.2, 0) is 33.2 Å². The Morgan fingerprint density at radius 2 is 1.36 bits per heavy atom. The van der Waals surface area contributed by atoms with Gasteiger partial charge < -0.3 is 4.74 Å². The van der Waals surface area contributed by atoms with Gasteiger partial charge in [-0.3, -0.25) is 9.36 Å². The fourth-order valence-corrected chi connectivity index (χ4v) is 1.74. The van der Waals surface area contributed by atoms with Crippen LogP contribution >= 0.6 is 7.60 Å². The number of alkyl halides is 6. The lowest BCUT2D eigenvalue weighted by Gasteiger charge is -2.16. The van der Waals surface area contributed by atoms with Crippen molar-refractivity contribution in [2.24, 2.45) is 0 Å². The summed E-state index contributed by atoms with van der Waals surface area (Å²) in [5.74, 6) is -1.27. The molecule has 14 heteroatoms. The molecule has 0 atom stereocenters. The first-order valence-electron chi connectivity index (χ1n) is 5.37. The largest absolute Gasteiger partial charge is 0.465 e. The van der Waals surface area contributed by atoms with Gasteiger partial charge in [-0.1, -0.05) is 0 Å². The first-order valence-corrected chi connectivity index (χ1v) is 7.10. The van der Waals surface area contributed by atoms with Crippen molar-refractivity contribution in [3.05, 3.63) is 0 Å². The maximum Gasteiger partial charge on any atom is 0.414 e. The molecular weight excluding hydrogens is 353 g/mol. The first-order chi connectivity index (χ1) is 9.87. The van der Waals surface area contributed by atoms with E-state index in [0.29, 0.717) is 0 Å². The van der Waals surface area contributed by atoms with Gasteiger partial charge in [0, 0.05) is 0 Å². The summed E-state index contributed by atoms with van der Waals surface area (Å²) in [7, 11) is -4.90. The van der Waals surface area contributed by atoms with Crippen LogP contribution in [-0.4, -0.2) is 44.3 Å². The van der Waals surface area contributed by atoms with Crippen molar-refractivity contribution in [2.45, 2.75) is 19.3 Å². The van der Waals surface area contributed by atoms with Crippen LogP contribution in [0.25, 0.3) is 0 Å². The molecule has 0 heterocycles. The Balaban J connectivity index is 4.60. The van der Waals surface area contributed by atoms with Gasteiger partial charge in [-0.05, 0) is 6.92 Å². The zero-order valence-corrected chi connectivity index (χ0v) is 11.8. The van der Waals surface area contributed by atoms with Crippen LogP contribution in [0, 0.1) is 0 Å². The van der Waals surface area contributed by atoms with Gasteiger partial charge in [0.05, 0.1) is 6.61 Å². The third-order valence-electron chi connectivity index (χ3n) is 1.41. The highest BCUT2D eigenvalue weighted by molar-refractivity contribution is 7.54. The van der Waals surface area contributed by atoms with Gasteiger partial charge in [0.2, 0.25) is 0 Å². The van der Waals surface area contributed by atoms with Gasteiger partial charge in [-0.15, -0.1) is 9.35 Å². The number of hydrogen-bond donors (Lipinski definition) is 0. The molecule has 0 radical (unpaired) electrons. The number of ether oxygens (including phenoxy) is 1. The second kappa shape index (κ2) is 8.67. The number of esters is 1. The minimum absolute atomic E-state index is 0.189. The zero-order chi connectivity index (χ0) is 17.4. The topological polar surface area (TPSA) is 80.3 Å². The van der Waals surface area contributed by atoms with Crippen LogP contribution in [0.4, 0.5) is 26.3 Å². The normalized spacial score (nSPS) is 13.2. The summed E-state index contributed by atoms with van der Waals surface area (Å²) in [6, 6.07) is 0. The average molecular weight is 364 g/mol. The van der Waals surface area contributed by atoms with Crippen molar-refractivity contribution in [3.63, 3.8) is 0 Å². The number of halogens is 6. The molecule has 22 heavy (non-hydrogen) atoms. The quantitative estimate of drug-likeness (QED) is 0.205. The molecular formula is C8H11F6O7P. The summed E-state index contributed by atoms with van der Waals surface area (Å²) >= 11 is 0. The molecule has 7 nitrogen and oxygen atoms in total. The monoisotopic (exact) mass is 364 g/mol. The number of hydrogen-bond acceptors (Lipinski definition) is 7. The maximum atomic E-state index is 11.8. The molecule has 0 aromatic carbocycles. The molecule has 0 aromatic heterocycles. The van der Waals surface area contributed by atoms with E-state index in [1.54, 1.807) is 0 Å². The minimum atomic E-state index is -4.90. The zero-order valence-electron chi connectivity index (χ0n) is 10.9. The predicted octanol–water partition coefficient (Wildman–Crippen LogP) is 2.76. The molecule has 0 amide bonds. The van der Waals surface area contributed by atoms with E-state index in [1.165, 1.54) is 6.92 Å². The Morgan fingerprint density at radius 3 is 1.68 bits per heavy atom. The fourth-order valence-electron chi connectivity index (χ4n) is 0.777. The van der Waals surface area contributed by atoms with E-state index in [4.69, 9.17) is 0 Å². The highest BCUT2D eigenvalue weighted by Crippen LogP contribution is 2.49. The van der Waals surface area contributed by atoms with Crippen LogP contribution in [0.3, 0.4) is 0 Å². The third kappa shape index (κ3) is 11.7. The van der Waals surface area contributed by atoms with Gasteiger partial charge in [0.15, 0.2) is 19.4 Å². The first kappa shape index (κ1) is 21.1. The predicted molar refractivity (Wildman–Crippen MR) is 55.3 cm³/mol. The van der Waals surface area contributed by atoms with Crippen LogP contribution < -0.4 is 0 Å². The van der Waals surface area contributed by atoms with E-state index in [9.17, 15) is 35.7 Å². The standard InChI is InChI=1S/C8H11F6O7P/c1-2-17-6(15)3-22(16,20-18-4-7(9,10)11)21-19-5-8(12,13)14/h2-5H2,1H3. The Morgan fingerprint density at radius 1 is 0.955 bits per heavy atom. The lowest BCUT2D eigenvalue weighted by atomic mass is 10.7. The summed E-state index contributed by atoms with van der Waals surface area (Å²) in [6.07, 6.45) is -11.1. The highest BCUT2D eigenvalue weighted by atomic mass is 31.2. The molecule has 0 aromatic rings. The lowest BCUT2D eigenvalue weighted by molar-refractivity contribution is -0.321. The molecule has 0 fully saturated rings. The summed E-state index contributed by atoms with van der Waals surface area (Å²) in [6.45, 7) is -2.92. The van der Waals surface area contributed by atoms with Gasteiger partial charge in [0.25, 0.3) is 0 Å². The Bertz CT molecular complexity index is 371. The van der Waals surface area contributed by atoms with Crippen molar-refractivity contribution in [3.8, 4) is 0 Å². The van der Waals surface area contributed by atoms with Crippen molar-refractivity contribution >= 4 is 13.6 Å². The van der Waals surface area contributed by atoms with Gasteiger partial charge in [0.1, 0.15) is 0 Å². The van der Waals surface area contributed by atoms with Crippen LogP contribution in [0.2, 0.25) is 0 Å². The van der Waals surface area contributed by atoms with Crippen LogP contribution in [0.1, 0.15) is 6.92 Å². The van der Waals surface area contributed by atoms with Crippen LogP contribution in [0.15, 0.2) is 0 Å². The third-order valence-corrected chi connectivity index (χ3v) is 2.72. The number of carbonyl (C=O) groups is 1. The van der Waals surface area contributed by atoms with Crippen molar-refractivity contribution < 1.29 is 59.6 Å². The number of rotatable bonds is 9.